The molecule has 1 aromatic heterocycles. The van der Waals surface area contributed by atoms with Gasteiger partial charge in [0.2, 0.25) is 10.6 Å². The Morgan fingerprint density at radius 2 is 1.96 bits per heavy atom. The molecule has 0 unspecified atom stereocenters. The van der Waals surface area contributed by atoms with E-state index in [0.717, 1.165) is 23.3 Å². The highest BCUT2D eigenvalue weighted by Gasteiger charge is 2.14. The van der Waals surface area contributed by atoms with Crippen LogP contribution in [0.1, 0.15) is 43.4 Å². The number of phenolic OH excluding ortho intramolecular Hbond substituents is 3. The van der Waals surface area contributed by atoms with E-state index in [0.29, 0.717) is 12.9 Å². The van der Waals surface area contributed by atoms with E-state index < -0.39 is 17.2 Å². The molecule has 0 saturated heterocycles. The minimum absolute atomic E-state index is 0.226. The lowest BCUT2D eigenvalue weighted by atomic mass is 9.96. The molecule has 0 spiro atoms. The van der Waals surface area contributed by atoms with Gasteiger partial charge in [0.1, 0.15) is 0 Å². The van der Waals surface area contributed by atoms with Crippen molar-refractivity contribution in [3.63, 3.8) is 0 Å². The predicted molar refractivity (Wildman–Crippen MR) is 105 cm³/mol. The summed E-state index contributed by atoms with van der Waals surface area (Å²) in [4.78, 5) is 16.0. The van der Waals surface area contributed by atoms with Crippen LogP contribution in [0.25, 0.3) is 0 Å². The van der Waals surface area contributed by atoms with Gasteiger partial charge < -0.3 is 20.1 Å². The maximum absolute atomic E-state index is 10.4. The Bertz CT molecular complexity index is 913. The van der Waals surface area contributed by atoms with Crippen molar-refractivity contribution in [1.29, 1.82) is 0 Å². The number of carbonyl (C=O) groups excluding carboxylic acids is 1. The number of hydrogen-bond donors (Lipinski definition) is 3. The number of rotatable bonds is 7. The van der Waals surface area contributed by atoms with Gasteiger partial charge in [-0.2, -0.15) is 5.10 Å². The van der Waals surface area contributed by atoms with Crippen molar-refractivity contribution in [2.24, 2.45) is 10.1 Å². The minimum atomic E-state index is -0.592. The third-order valence-electron chi connectivity index (χ3n) is 4.64. The fourth-order valence-electron chi connectivity index (χ4n) is 3.10. The Hall–Kier alpha value is -2.81. The van der Waals surface area contributed by atoms with Crippen molar-refractivity contribution in [3.05, 3.63) is 33.6 Å². The molecule has 3 N–H and O–H groups in total. The smallest absolute Gasteiger partial charge is 0.293 e. The van der Waals surface area contributed by atoms with Crippen LogP contribution in [0.2, 0.25) is 0 Å². The van der Waals surface area contributed by atoms with Crippen LogP contribution in [0, 0.1) is 0 Å². The lowest BCUT2D eigenvalue weighted by molar-refractivity contribution is -0.128. The molecule has 0 atom stereocenters. The molecule has 0 amide bonds. The molecule has 3 rings (SSSR count). The number of thiazole rings is 1. The topological polar surface area (TPSA) is 117 Å². The average Bonchev–Trinajstić information content (AvgIpc) is 3.08. The highest BCUT2D eigenvalue weighted by atomic mass is 32.1. The van der Waals surface area contributed by atoms with Crippen LogP contribution in [0.4, 0.5) is 0 Å². The van der Waals surface area contributed by atoms with Gasteiger partial charge >= 0.3 is 0 Å². The Kier molecular flexibility index (Phi) is 6.70. The van der Waals surface area contributed by atoms with Gasteiger partial charge in [0.15, 0.2) is 11.5 Å². The van der Waals surface area contributed by atoms with Gasteiger partial charge in [-0.3, -0.25) is 9.79 Å². The highest BCUT2D eigenvalue weighted by molar-refractivity contribution is 7.07. The first kappa shape index (κ1) is 19.9. The first-order chi connectivity index (χ1) is 13.6. The molecule has 9 heteroatoms. The number of carbonyl (C=O) groups is 1. The van der Waals surface area contributed by atoms with E-state index in [9.17, 15) is 20.1 Å². The van der Waals surface area contributed by atoms with E-state index in [1.165, 1.54) is 48.9 Å². The summed E-state index contributed by atoms with van der Waals surface area (Å²) in [6, 6.07) is 2.99. The SMILES string of the molecule is O=COCCc1csc(=NC2CCCCC2)n1N=Cc1ccc(O)c(O)c1O. The maximum Gasteiger partial charge on any atom is 0.293 e. The van der Waals surface area contributed by atoms with Crippen molar-refractivity contribution < 1.29 is 24.9 Å². The summed E-state index contributed by atoms with van der Waals surface area (Å²) in [5.41, 5.74) is 1.08. The molecule has 2 aromatic rings. The quantitative estimate of drug-likeness (QED) is 0.283. The van der Waals surface area contributed by atoms with Crippen molar-refractivity contribution in [3.8, 4) is 17.2 Å². The van der Waals surface area contributed by atoms with E-state index in [-0.39, 0.29) is 18.2 Å². The van der Waals surface area contributed by atoms with E-state index in [1.807, 2.05) is 5.38 Å². The van der Waals surface area contributed by atoms with Crippen LogP contribution >= 0.6 is 11.3 Å². The fraction of sp³-hybridized carbons (Fsp3) is 0.421. The Balaban J connectivity index is 1.94. The Morgan fingerprint density at radius 1 is 1.18 bits per heavy atom. The van der Waals surface area contributed by atoms with E-state index in [4.69, 9.17) is 9.73 Å². The molecule has 0 aliphatic heterocycles. The zero-order valence-electron chi connectivity index (χ0n) is 15.3. The monoisotopic (exact) mass is 405 g/mol. The van der Waals surface area contributed by atoms with Gasteiger partial charge in [-0.25, -0.2) is 4.68 Å². The fourth-order valence-corrected chi connectivity index (χ4v) is 4.04. The van der Waals surface area contributed by atoms with Crippen molar-refractivity contribution in [2.45, 2.75) is 44.6 Å². The van der Waals surface area contributed by atoms with Gasteiger partial charge in [-0.1, -0.05) is 19.3 Å². The Labute approximate surface area is 166 Å². The standard InChI is InChI=1S/C19H23N3O5S/c23-12-27-9-8-15-11-28-19(21-14-4-2-1-3-5-14)22(15)20-10-13-6-7-16(24)18(26)17(13)25/h6-7,10-12,14,24-26H,1-5,8-9H2. The highest BCUT2D eigenvalue weighted by Crippen LogP contribution is 2.36. The summed E-state index contributed by atoms with van der Waals surface area (Å²) in [5.74, 6) is -1.44. The number of aromatic hydroxyl groups is 3. The van der Waals surface area contributed by atoms with Gasteiger partial charge in [0.25, 0.3) is 6.47 Å². The predicted octanol–water partition coefficient (Wildman–Crippen LogP) is 2.50. The van der Waals surface area contributed by atoms with Gasteiger partial charge in [0.05, 0.1) is 24.6 Å². The van der Waals surface area contributed by atoms with Gasteiger partial charge in [-0.15, -0.1) is 11.3 Å². The molecule has 28 heavy (non-hydrogen) atoms. The minimum Gasteiger partial charge on any atom is -0.504 e. The lowest BCUT2D eigenvalue weighted by Gasteiger charge is -2.16. The summed E-state index contributed by atoms with van der Waals surface area (Å²) >= 11 is 1.46. The molecule has 1 aliphatic carbocycles. The number of ether oxygens (including phenoxy) is 1. The molecule has 1 heterocycles. The zero-order chi connectivity index (χ0) is 19.9. The molecular formula is C19H23N3O5S. The van der Waals surface area contributed by atoms with E-state index >= 15 is 0 Å². The van der Waals surface area contributed by atoms with Crippen LogP contribution < -0.4 is 4.80 Å². The largest absolute Gasteiger partial charge is 0.504 e. The van der Waals surface area contributed by atoms with Crippen molar-refractivity contribution >= 4 is 24.0 Å². The van der Waals surface area contributed by atoms with Crippen LogP contribution in [0.15, 0.2) is 27.6 Å². The van der Waals surface area contributed by atoms with Crippen LogP contribution in [0.3, 0.4) is 0 Å². The second-order valence-corrected chi connectivity index (χ2v) is 7.41. The first-order valence-electron chi connectivity index (χ1n) is 9.17. The molecule has 1 aromatic carbocycles. The third-order valence-corrected chi connectivity index (χ3v) is 5.52. The summed E-state index contributed by atoms with van der Waals surface area (Å²) in [5, 5.41) is 35.5. The first-order valence-corrected chi connectivity index (χ1v) is 10.0. The lowest BCUT2D eigenvalue weighted by Crippen LogP contribution is -2.20. The zero-order valence-corrected chi connectivity index (χ0v) is 16.1. The van der Waals surface area contributed by atoms with Crippen LogP contribution in [0.5, 0.6) is 17.2 Å². The normalized spacial score (nSPS) is 15.9. The van der Waals surface area contributed by atoms with E-state index in [2.05, 4.69) is 5.10 Å². The van der Waals surface area contributed by atoms with Crippen molar-refractivity contribution in [2.75, 3.05) is 6.61 Å². The van der Waals surface area contributed by atoms with Gasteiger partial charge in [-0.05, 0) is 25.0 Å². The summed E-state index contributed by atoms with van der Waals surface area (Å²) < 4.78 is 6.45. The molecule has 150 valence electrons. The average molecular weight is 405 g/mol. The Morgan fingerprint density at radius 3 is 2.71 bits per heavy atom. The molecule has 1 fully saturated rings. The molecule has 0 radical (unpaired) electrons. The molecule has 1 aliphatic rings. The number of benzene rings is 1. The number of aromatic nitrogens is 1. The van der Waals surface area contributed by atoms with E-state index in [1.54, 1.807) is 4.68 Å². The summed E-state index contributed by atoms with van der Waals surface area (Å²) in [6.45, 7) is 0.633. The van der Waals surface area contributed by atoms with Crippen LogP contribution in [-0.4, -0.2) is 45.3 Å². The third kappa shape index (κ3) is 4.72. The van der Waals surface area contributed by atoms with Crippen LogP contribution in [-0.2, 0) is 16.0 Å². The molecular weight excluding hydrogens is 382 g/mol. The number of phenols is 3. The number of nitrogens with zero attached hydrogens (tertiary/aromatic N) is 3. The second kappa shape index (κ2) is 9.41. The molecule has 1 saturated carbocycles. The summed E-state index contributed by atoms with van der Waals surface area (Å²) in [6.07, 6.45) is 7.56. The maximum atomic E-state index is 10.4. The van der Waals surface area contributed by atoms with Gasteiger partial charge in [0, 0.05) is 17.4 Å². The van der Waals surface area contributed by atoms with Crippen molar-refractivity contribution in [1.82, 2.24) is 4.68 Å². The summed E-state index contributed by atoms with van der Waals surface area (Å²) in [7, 11) is 0. The number of hydrogen-bond acceptors (Lipinski definition) is 8. The molecule has 0 bridgehead atoms. The second-order valence-electron chi connectivity index (χ2n) is 6.58. The molecule has 8 nitrogen and oxygen atoms in total.